The predicted octanol–water partition coefficient (Wildman–Crippen LogP) is 4.06. The van der Waals surface area contributed by atoms with Crippen LogP contribution in [-0.2, 0) is 4.79 Å². The van der Waals surface area contributed by atoms with E-state index in [0.717, 1.165) is 28.4 Å². The summed E-state index contributed by atoms with van der Waals surface area (Å²) in [6.07, 6.45) is 4.06. The van der Waals surface area contributed by atoms with Gasteiger partial charge in [0.2, 0.25) is 0 Å². The van der Waals surface area contributed by atoms with Gasteiger partial charge in [0.05, 0.1) is 3.57 Å². The lowest BCUT2D eigenvalue weighted by molar-refractivity contribution is -0.129. The Morgan fingerprint density at radius 1 is 1.27 bits per heavy atom. The molecule has 0 heterocycles. The van der Waals surface area contributed by atoms with Gasteiger partial charge in [-0.3, -0.25) is 9.59 Å². The van der Waals surface area contributed by atoms with E-state index in [0.29, 0.717) is 41.9 Å². The minimum atomic E-state index is -0.205. The molecule has 0 unspecified atom stereocenters. The molecular formula is C18H19IO3. The first kappa shape index (κ1) is 14.7. The first-order chi connectivity index (χ1) is 10.4. The zero-order valence-electron chi connectivity index (χ0n) is 12.6. The second-order valence-corrected chi connectivity index (χ2v) is 8.48. The number of aromatic hydroxyl groups is 1. The van der Waals surface area contributed by atoms with Gasteiger partial charge in [0.15, 0.2) is 5.78 Å². The van der Waals surface area contributed by atoms with Gasteiger partial charge in [-0.1, -0.05) is 6.92 Å². The lowest BCUT2D eigenvalue weighted by Crippen LogP contribution is -2.43. The maximum absolute atomic E-state index is 12.6. The maximum Gasteiger partial charge on any atom is 0.163 e. The summed E-state index contributed by atoms with van der Waals surface area (Å²) >= 11 is 2.12. The molecule has 0 bridgehead atoms. The summed E-state index contributed by atoms with van der Waals surface area (Å²) in [4.78, 5) is 24.9. The van der Waals surface area contributed by atoms with Crippen LogP contribution in [-0.4, -0.2) is 16.7 Å². The van der Waals surface area contributed by atoms with Crippen molar-refractivity contribution in [2.24, 2.45) is 17.3 Å². The number of halogens is 1. The molecule has 0 saturated heterocycles. The minimum Gasteiger partial charge on any atom is -0.507 e. The van der Waals surface area contributed by atoms with Gasteiger partial charge in [-0.05, 0) is 77.3 Å². The molecule has 4 rings (SSSR count). The quantitative estimate of drug-likeness (QED) is 0.657. The smallest absolute Gasteiger partial charge is 0.163 e. The van der Waals surface area contributed by atoms with Crippen molar-refractivity contribution >= 4 is 34.2 Å². The highest BCUT2D eigenvalue weighted by Gasteiger charge is 2.55. The fourth-order valence-electron chi connectivity index (χ4n) is 5.18. The van der Waals surface area contributed by atoms with Crippen LogP contribution in [0.4, 0.5) is 0 Å². The number of fused-ring (bicyclic) bond motifs is 5. The summed E-state index contributed by atoms with van der Waals surface area (Å²) in [5.41, 5.74) is 1.60. The van der Waals surface area contributed by atoms with Gasteiger partial charge in [-0.2, -0.15) is 0 Å². The molecule has 3 aliphatic carbocycles. The number of phenolic OH excluding ortho intramolecular Hbond substituents is 1. The Kier molecular flexibility index (Phi) is 3.19. The number of ketones is 2. The van der Waals surface area contributed by atoms with Crippen LogP contribution in [0.3, 0.4) is 0 Å². The van der Waals surface area contributed by atoms with Crippen LogP contribution in [0.15, 0.2) is 12.1 Å². The normalized spacial score (nSPS) is 36.7. The van der Waals surface area contributed by atoms with Gasteiger partial charge in [-0.15, -0.1) is 0 Å². The molecule has 0 spiro atoms. The van der Waals surface area contributed by atoms with Crippen molar-refractivity contribution in [1.29, 1.82) is 0 Å². The molecule has 22 heavy (non-hydrogen) atoms. The van der Waals surface area contributed by atoms with Crippen molar-refractivity contribution in [1.82, 2.24) is 0 Å². The van der Waals surface area contributed by atoms with Crippen molar-refractivity contribution in [3.05, 3.63) is 26.8 Å². The van der Waals surface area contributed by atoms with E-state index in [9.17, 15) is 14.7 Å². The number of carbonyl (C=O) groups is 2. The highest BCUT2D eigenvalue weighted by Crippen LogP contribution is 2.59. The standard InChI is InChI=1S/C18H19IO3/c1-18-5-4-9-10-6-14(19)16(21)8-12(10)15(20)7-11(9)13(18)2-3-17(18)22/h6,8-9,11,13,21H,2-5,7H2,1H3/t9-,11-,13+,18+/m1/s1. The van der Waals surface area contributed by atoms with Gasteiger partial charge >= 0.3 is 0 Å². The first-order valence-corrected chi connectivity index (χ1v) is 9.08. The van der Waals surface area contributed by atoms with Crippen molar-refractivity contribution in [3.8, 4) is 5.75 Å². The molecular weight excluding hydrogens is 391 g/mol. The molecule has 3 nitrogen and oxygen atoms in total. The van der Waals surface area contributed by atoms with E-state index >= 15 is 0 Å². The Bertz CT molecular complexity index is 696. The maximum atomic E-state index is 12.6. The zero-order valence-corrected chi connectivity index (χ0v) is 14.7. The van der Waals surface area contributed by atoms with E-state index in [2.05, 4.69) is 29.5 Å². The third kappa shape index (κ3) is 1.85. The second-order valence-electron chi connectivity index (χ2n) is 7.31. The zero-order chi connectivity index (χ0) is 15.6. The van der Waals surface area contributed by atoms with Crippen LogP contribution in [0.1, 0.15) is 60.9 Å². The number of rotatable bonds is 0. The fraction of sp³-hybridized carbons (Fsp3) is 0.556. The van der Waals surface area contributed by atoms with E-state index in [1.54, 1.807) is 6.07 Å². The molecule has 116 valence electrons. The largest absolute Gasteiger partial charge is 0.507 e. The second kappa shape index (κ2) is 4.79. The van der Waals surface area contributed by atoms with Crippen molar-refractivity contribution in [3.63, 3.8) is 0 Å². The van der Waals surface area contributed by atoms with E-state index < -0.39 is 0 Å². The Morgan fingerprint density at radius 2 is 2.05 bits per heavy atom. The summed E-state index contributed by atoms with van der Waals surface area (Å²) in [7, 11) is 0. The first-order valence-electron chi connectivity index (χ1n) is 8.00. The highest BCUT2D eigenvalue weighted by molar-refractivity contribution is 14.1. The molecule has 0 aromatic heterocycles. The Labute approximate surface area is 143 Å². The minimum absolute atomic E-state index is 0.131. The fourth-order valence-corrected chi connectivity index (χ4v) is 5.67. The Balaban J connectivity index is 1.81. The molecule has 4 atom stereocenters. The van der Waals surface area contributed by atoms with E-state index in [1.165, 1.54) is 0 Å². The van der Waals surface area contributed by atoms with E-state index in [4.69, 9.17) is 0 Å². The Hall–Kier alpha value is -0.910. The molecule has 1 aromatic carbocycles. The average Bonchev–Trinajstić information content (AvgIpc) is 2.78. The van der Waals surface area contributed by atoms with Crippen LogP contribution < -0.4 is 0 Å². The molecule has 0 amide bonds. The summed E-state index contributed by atoms with van der Waals surface area (Å²) < 4.78 is 0.806. The van der Waals surface area contributed by atoms with Gasteiger partial charge < -0.3 is 5.11 Å². The monoisotopic (exact) mass is 410 g/mol. The predicted molar refractivity (Wildman–Crippen MR) is 91.1 cm³/mol. The van der Waals surface area contributed by atoms with Gasteiger partial charge in [0.25, 0.3) is 0 Å². The number of carbonyl (C=O) groups excluding carboxylic acids is 2. The van der Waals surface area contributed by atoms with Crippen molar-refractivity contribution in [2.75, 3.05) is 0 Å². The van der Waals surface area contributed by atoms with Crippen LogP contribution in [0, 0.1) is 20.8 Å². The van der Waals surface area contributed by atoms with Gasteiger partial charge in [0.1, 0.15) is 11.5 Å². The van der Waals surface area contributed by atoms with Crippen molar-refractivity contribution < 1.29 is 14.7 Å². The third-order valence-electron chi connectivity index (χ3n) is 6.39. The highest BCUT2D eigenvalue weighted by atomic mass is 127. The van der Waals surface area contributed by atoms with Crippen LogP contribution in [0.25, 0.3) is 0 Å². The molecule has 0 aliphatic heterocycles. The van der Waals surface area contributed by atoms with E-state index in [-0.39, 0.29) is 16.9 Å². The van der Waals surface area contributed by atoms with Crippen molar-refractivity contribution in [2.45, 2.75) is 44.9 Å². The summed E-state index contributed by atoms with van der Waals surface area (Å²) in [5.74, 6) is 1.74. The number of phenols is 1. The lowest BCUT2D eigenvalue weighted by atomic mass is 9.55. The molecule has 4 heteroatoms. The molecule has 3 aliphatic rings. The van der Waals surface area contributed by atoms with Crippen LogP contribution in [0.2, 0.25) is 0 Å². The number of hydrogen-bond donors (Lipinski definition) is 1. The SMILES string of the molecule is C[C@]12CC[C@@H]3c4cc(I)c(O)cc4C(=O)C[C@H]3[C@@H]1CCC2=O. The molecule has 1 N–H and O–H groups in total. The van der Waals surface area contributed by atoms with Gasteiger partial charge in [-0.25, -0.2) is 0 Å². The summed E-state index contributed by atoms with van der Waals surface area (Å²) in [5, 5.41) is 9.91. The van der Waals surface area contributed by atoms with Crippen LogP contribution in [0.5, 0.6) is 5.75 Å². The topological polar surface area (TPSA) is 54.4 Å². The summed E-state index contributed by atoms with van der Waals surface area (Å²) in [6, 6.07) is 3.63. The average molecular weight is 410 g/mol. The summed E-state index contributed by atoms with van der Waals surface area (Å²) in [6.45, 7) is 2.11. The molecule has 0 radical (unpaired) electrons. The van der Waals surface area contributed by atoms with Gasteiger partial charge in [0, 0.05) is 23.8 Å². The third-order valence-corrected chi connectivity index (χ3v) is 7.25. The number of Topliss-reactive ketones (excluding diaryl/α,β-unsaturated/α-hetero) is 2. The molecule has 2 saturated carbocycles. The molecule has 1 aromatic rings. The number of hydrogen-bond acceptors (Lipinski definition) is 3. The van der Waals surface area contributed by atoms with E-state index in [1.807, 2.05) is 6.07 Å². The molecule has 2 fully saturated rings. The Morgan fingerprint density at radius 3 is 2.82 bits per heavy atom. The van der Waals surface area contributed by atoms with Crippen LogP contribution >= 0.6 is 22.6 Å². The lowest BCUT2D eigenvalue weighted by Gasteiger charge is -2.47. The number of benzene rings is 1.